The second kappa shape index (κ2) is 11.7. The van der Waals surface area contributed by atoms with Crippen molar-refractivity contribution in [1.29, 1.82) is 0 Å². The van der Waals surface area contributed by atoms with Crippen molar-refractivity contribution in [2.24, 2.45) is 0 Å². The van der Waals surface area contributed by atoms with Crippen LogP contribution in [0.2, 0.25) is 0 Å². The van der Waals surface area contributed by atoms with Gasteiger partial charge in [0.15, 0.2) is 0 Å². The van der Waals surface area contributed by atoms with Gasteiger partial charge in [-0.05, 0) is 108 Å². The average molecular weight is 619 g/mol. The zero-order chi connectivity index (χ0) is 31.9. The molecule has 2 atom stereocenters. The Balaban J connectivity index is 1.05. The number of nitrogens with zero attached hydrogens (tertiary/aromatic N) is 2. The fraction of sp³-hybridized carbons (Fsp3) is 0.222. The maximum Gasteiger partial charge on any atom is 0.322 e. The third kappa shape index (κ3) is 5.32. The maximum absolute atomic E-state index is 13.4. The van der Waals surface area contributed by atoms with Crippen LogP contribution < -0.4 is 10.6 Å². The molecule has 6 N–H and O–H groups in total. The molecule has 10 nitrogen and oxygen atoms in total. The Hall–Kier alpha value is -5.64. The first-order valence-electron chi connectivity index (χ1n) is 15.4. The van der Waals surface area contributed by atoms with E-state index in [0.717, 1.165) is 23.6 Å². The molecule has 0 aliphatic carbocycles. The van der Waals surface area contributed by atoms with Crippen LogP contribution in [0, 0.1) is 0 Å². The standard InChI is InChI=1S/C36H34N4O6/c41-25-13-5-21-7-15-31(43)33(27(21)19-25)29-3-1-17-39(29)35(45)37-23-9-11-24(12-10-23)38-36(46)40-18-2-4-30(40)34-28-20-26(42)14-6-22(28)8-16-32(34)44/h5-16,19-20,29-30,41-44H,1-4,17-18H2,(H,37,45)(H,38,46). The number of amides is 4. The molecule has 2 aliphatic heterocycles. The first kappa shape index (κ1) is 29.1. The number of phenolic OH excluding ortho intramolecular Hbond substituents is 4. The van der Waals surface area contributed by atoms with Gasteiger partial charge in [0.05, 0.1) is 12.1 Å². The number of benzene rings is 5. The molecule has 4 amide bonds. The Morgan fingerprint density at radius 3 is 1.37 bits per heavy atom. The molecule has 10 heteroatoms. The van der Waals surface area contributed by atoms with Gasteiger partial charge >= 0.3 is 12.1 Å². The lowest BCUT2D eigenvalue weighted by Gasteiger charge is -2.27. The van der Waals surface area contributed by atoms with E-state index in [4.69, 9.17) is 0 Å². The molecular weight excluding hydrogens is 584 g/mol. The number of carbonyl (C=O) groups excluding carboxylic acids is 2. The van der Waals surface area contributed by atoms with Gasteiger partial charge in [0.2, 0.25) is 0 Å². The van der Waals surface area contributed by atoms with E-state index in [1.807, 2.05) is 0 Å². The van der Waals surface area contributed by atoms with E-state index < -0.39 is 0 Å². The van der Waals surface area contributed by atoms with Crippen LogP contribution in [0.1, 0.15) is 48.9 Å². The lowest BCUT2D eigenvalue weighted by atomic mass is 9.96. The normalized spacial score (nSPS) is 17.9. The number of hydrogen-bond acceptors (Lipinski definition) is 6. The van der Waals surface area contributed by atoms with Crippen molar-refractivity contribution in [2.45, 2.75) is 37.8 Å². The van der Waals surface area contributed by atoms with Crippen molar-refractivity contribution in [3.8, 4) is 23.0 Å². The van der Waals surface area contributed by atoms with E-state index in [2.05, 4.69) is 10.6 Å². The summed E-state index contributed by atoms with van der Waals surface area (Å²) in [5.74, 6) is 0.342. The third-order valence-electron chi connectivity index (χ3n) is 9.13. The van der Waals surface area contributed by atoms with Crippen molar-refractivity contribution in [1.82, 2.24) is 9.80 Å². The Morgan fingerprint density at radius 2 is 0.957 bits per heavy atom. The Kier molecular flexibility index (Phi) is 7.40. The summed E-state index contributed by atoms with van der Waals surface area (Å²) in [5, 5.41) is 50.8. The molecule has 0 saturated carbocycles. The van der Waals surface area contributed by atoms with Gasteiger partial charge in [-0.25, -0.2) is 9.59 Å². The minimum Gasteiger partial charge on any atom is -0.508 e. The summed E-state index contributed by atoms with van der Waals surface area (Å²) in [6.07, 6.45) is 2.89. The number of hydrogen-bond donors (Lipinski definition) is 6. The molecule has 2 saturated heterocycles. The molecule has 0 spiro atoms. The smallest absolute Gasteiger partial charge is 0.322 e. The number of anilines is 2. The van der Waals surface area contributed by atoms with Crippen molar-refractivity contribution < 1.29 is 30.0 Å². The zero-order valence-electron chi connectivity index (χ0n) is 25.0. The molecule has 5 aromatic carbocycles. The number of nitrogens with one attached hydrogen (secondary N) is 2. The highest BCUT2D eigenvalue weighted by atomic mass is 16.3. The van der Waals surface area contributed by atoms with Crippen LogP contribution in [0.5, 0.6) is 23.0 Å². The van der Waals surface area contributed by atoms with Crippen LogP contribution in [0.15, 0.2) is 84.9 Å². The highest BCUT2D eigenvalue weighted by Crippen LogP contribution is 2.43. The van der Waals surface area contributed by atoms with E-state index in [9.17, 15) is 30.0 Å². The van der Waals surface area contributed by atoms with Crippen molar-refractivity contribution >= 4 is 45.0 Å². The number of aromatic hydroxyl groups is 4. The third-order valence-corrected chi connectivity index (χ3v) is 9.13. The number of phenols is 4. The summed E-state index contributed by atoms with van der Waals surface area (Å²) in [5.41, 5.74) is 2.34. The molecule has 2 unspecified atom stereocenters. The zero-order valence-corrected chi connectivity index (χ0v) is 25.0. The summed E-state index contributed by atoms with van der Waals surface area (Å²) < 4.78 is 0. The summed E-state index contributed by atoms with van der Waals surface area (Å²) in [6, 6.07) is 22.3. The van der Waals surface area contributed by atoms with Crippen LogP contribution in [0.3, 0.4) is 0 Å². The summed E-state index contributed by atoms with van der Waals surface area (Å²) >= 11 is 0. The van der Waals surface area contributed by atoms with E-state index >= 15 is 0 Å². The first-order chi connectivity index (χ1) is 22.3. The van der Waals surface area contributed by atoms with Crippen molar-refractivity contribution in [2.75, 3.05) is 23.7 Å². The van der Waals surface area contributed by atoms with Gasteiger partial charge in [0.25, 0.3) is 0 Å². The minimum absolute atomic E-state index is 0.0805. The van der Waals surface area contributed by atoms with E-state index in [0.29, 0.717) is 59.2 Å². The highest BCUT2D eigenvalue weighted by molar-refractivity contribution is 5.95. The van der Waals surface area contributed by atoms with E-state index in [1.165, 1.54) is 0 Å². The average Bonchev–Trinajstić information content (AvgIpc) is 3.72. The van der Waals surface area contributed by atoms with E-state index in [1.54, 1.807) is 94.7 Å². The predicted octanol–water partition coefficient (Wildman–Crippen LogP) is 7.55. The Labute approximate surface area is 265 Å². The number of likely N-dealkylation sites (tertiary alicyclic amines) is 2. The lowest BCUT2D eigenvalue weighted by molar-refractivity contribution is 0.205. The molecule has 0 bridgehead atoms. The number of rotatable bonds is 4. The predicted molar refractivity (Wildman–Crippen MR) is 176 cm³/mol. The quantitative estimate of drug-likeness (QED) is 0.123. The number of urea groups is 2. The summed E-state index contributed by atoms with van der Waals surface area (Å²) in [6.45, 7) is 1.03. The first-order valence-corrected chi connectivity index (χ1v) is 15.4. The lowest BCUT2D eigenvalue weighted by Crippen LogP contribution is -2.35. The van der Waals surface area contributed by atoms with Crippen LogP contribution in [-0.2, 0) is 0 Å². The highest BCUT2D eigenvalue weighted by Gasteiger charge is 2.34. The van der Waals surface area contributed by atoms with Gasteiger partial charge in [-0.15, -0.1) is 0 Å². The second-order valence-electron chi connectivity index (χ2n) is 11.9. The molecule has 46 heavy (non-hydrogen) atoms. The molecule has 2 fully saturated rings. The molecule has 234 valence electrons. The Bertz CT molecular complexity index is 1830. The van der Waals surface area contributed by atoms with Crippen LogP contribution in [0.25, 0.3) is 21.5 Å². The number of fused-ring (bicyclic) bond motifs is 2. The molecule has 0 aromatic heterocycles. The SMILES string of the molecule is O=C(Nc1ccc(NC(=O)N2CCCC2c2c(O)ccc3ccc(O)cc23)cc1)N1CCCC1c1c(O)ccc2ccc(O)cc12. The van der Waals surface area contributed by atoms with Crippen LogP contribution in [-0.4, -0.2) is 55.4 Å². The van der Waals surface area contributed by atoms with Crippen LogP contribution in [0.4, 0.5) is 21.0 Å². The molecule has 5 aromatic rings. The van der Waals surface area contributed by atoms with Crippen molar-refractivity contribution in [3.05, 3.63) is 96.1 Å². The van der Waals surface area contributed by atoms with E-state index in [-0.39, 0.29) is 47.1 Å². The van der Waals surface area contributed by atoms with Gasteiger partial charge in [-0.3, -0.25) is 0 Å². The molecule has 0 radical (unpaired) electrons. The fourth-order valence-corrected chi connectivity index (χ4v) is 6.99. The molecule has 7 rings (SSSR count). The summed E-state index contributed by atoms with van der Waals surface area (Å²) in [4.78, 5) is 30.3. The van der Waals surface area contributed by atoms with Gasteiger partial charge < -0.3 is 40.9 Å². The van der Waals surface area contributed by atoms with Gasteiger partial charge in [-0.2, -0.15) is 0 Å². The van der Waals surface area contributed by atoms with Gasteiger partial charge in [0.1, 0.15) is 23.0 Å². The summed E-state index contributed by atoms with van der Waals surface area (Å²) in [7, 11) is 0. The monoisotopic (exact) mass is 618 g/mol. The van der Waals surface area contributed by atoms with Gasteiger partial charge in [0, 0.05) is 35.6 Å². The van der Waals surface area contributed by atoms with Crippen molar-refractivity contribution in [3.63, 3.8) is 0 Å². The molecule has 2 heterocycles. The fourth-order valence-electron chi connectivity index (χ4n) is 6.99. The molecule has 2 aliphatic rings. The minimum atomic E-state index is -0.359. The topological polar surface area (TPSA) is 146 Å². The largest absolute Gasteiger partial charge is 0.508 e. The maximum atomic E-state index is 13.4. The Morgan fingerprint density at radius 1 is 0.565 bits per heavy atom. The number of carbonyl (C=O) groups is 2. The molecular formula is C36H34N4O6. The second-order valence-corrected chi connectivity index (χ2v) is 11.9. The van der Waals surface area contributed by atoms with Gasteiger partial charge in [-0.1, -0.05) is 24.3 Å². The van der Waals surface area contributed by atoms with Crippen LogP contribution >= 0.6 is 0 Å².